The molecule has 1 aliphatic heterocycles. The molecule has 3 heterocycles. The Bertz CT molecular complexity index is 5060. The number of pyridine rings is 1. The molecule has 0 atom stereocenters. The molecule has 83 heavy (non-hydrogen) atoms. The van der Waals surface area contributed by atoms with Gasteiger partial charge in [-0.05, 0) is 80.3 Å². The number of rotatable bonds is 13. The maximum atomic E-state index is 9.18. The molecule has 1 aliphatic rings. The summed E-state index contributed by atoms with van der Waals surface area (Å²) < 4.78 is 148. The summed E-state index contributed by atoms with van der Waals surface area (Å²) >= 11 is 0. The number of hydrogen-bond acceptors (Lipinski definition) is 5. The number of hydrogen-bond donors (Lipinski definition) is 0. The predicted molar refractivity (Wildman–Crippen MR) is 339 cm³/mol. The minimum Gasteiger partial charge on any atom is -0.509 e. The Morgan fingerprint density at radius 1 is 0.518 bits per heavy atom. The number of fused-ring (bicyclic) bond motifs is 4. The number of aromatic nitrogens is 2. The maximum absolute atomic E-state index is 9.18. The van der Waals surface area contributed by atoms with Gasteiger partial charge in [-0.3, -0.25) is 0 Å². The van der Waals surface area contributed by atoms with Crippen LogP contribution in [0.5, 0.6) is 23.0 Å². The zero-order valence-electron chi connectivity index (χ0n) is 61.5. The van der Waals surface area contributed by atoms with Crippen molar-refractivity contribution < 1.29 is 51.1 Å². The molecule has 412 valence electrons. The van der Waals surface area contributed by atoms with Crippen molar-refractivity contribution in [1.29, 1.82) is 0 Å². The Labute approximate surface area is 523 Å². The molecule has 6 nitrogen and oxygen atoms in total. The van der Waals surface area contributed by atoms with Crippen molar-refractivity contribution in [2.24, 2.45) is 0 Å². The molecule has 0 bridgehead atoms. The molecule has 2 aromatic heterocycles. The van der Waals surface area contributed by atoms with E-state index in [1.165, 1.54) is 0 Å². The number of anilines is 4. The van der Waals surface area contributed by atoms with Gasteiger partial charge in [0.2, 0.25) is 0 Å². The van der Waals surface area contributed by atoms with Gasteiger partial charge < -0.3 is 23.8 Å². The Balaban J connectivity index is 0.00000914. The maximum Gasteiger partial charge on any atom is 0.143 e. The van der Waals surface area contributed by atoms with E-state index in [1.807, 2.05) is 94.4 Å². The smallest absolute Gasteiger partial charge is 0.143 e. The third-order valence-electron chi connectivity index (χ3n) is 14.8. The van der Waals surface area contributed by atoms with Crippen LogP contribution in [0.2, 0.25) is 0 Å². The van der Waals surface area contributed by atoms with Crippen LogP contribution >= 0.6 is 0 Å². The van der Waals surface area contributed by atoms with E-state index in [0.717, 1.165) is 38.5 Å². The van der Waals surface area contributed by atoms with Gasteiger partial charge in [-0.1, -0.05) is 230 Å². The van der Waals surface area contributed by atoms with E-state index in [-0.39, 0.29) is 84.2 Å². The Hall–Kier alpha value is -8.96. The largest absolute Gasteiger partial charge is 0.509 e. The fraction of sp³-hybridized carbons (Fsp3) is 0.132. The van der Waals surface area contributed by atoms with Gasteiger partial charge in [0, 0.05) is 89.7 Å². The van der Waals surface area contributed by atoms with E-state index in [0.29, 0.717) is 56.8 Å². The van der Waals surface area contributed by atoms with Gasteiger partial charge in [-0.15, -0.1) is 53.6 Å². The SMILES string of the molecule is [2H]c1c([2H])c([2H])c(-c2cccc(-c3cc(C(C)C)cc(C(C)C)c3)c2Oc2ccnc(-n3c4[c-]c(Oc5[c-]c(N6[CH-]N(c7c(-c8c([2H])c([2H])c([2H])c([2H])c8[2H])cccc7-c7c([2H])c([2H])c([2H])c([2H])c7[2H])c7ccccc76)cc(C(C)(C)C)c5)ccc4c4ccccc43)c2)c([2H])c1[2H].[Pt]. The Kier molecular flexibility index (Phi) is 10.8. The first kappa shape index (κ1) is 39.5. The van der Waals surface area contributed by atoms with Crippen molar-refractivity contribution in [2.75, 3.05) is 9.80 Å². The minimum absolute atomic E-state index is 0. The molecule has 12 aromatic rings. The minimum atomic E-state index is -0.594. The van der Waals surface area contributed by atoms with E-state index < -0.39 is 84.0 Å². The summed E-state index contributed by atoms with van der Waals surface area (Å²) in [6, 6.07) is 42.5. The summed E-state index contributed by atoms with van der Waals surface area (Å²) in [7, 11) is 0. The van der Waals surface area contributed by atoms with Crippen LogP contribution in [-0.4, -0.2) is 9.55 Å². The number of benzene rings is 10. The molecule has 7 heteroatoms. The Morgan fingerprint density at radius 3 is 1.70 bits per heavy atom. The number of nitrogens with zero attached hydrogens (tertiary/aromatic N) is 4. The third kappa shape index (κ3) is 10.6. The van der Waals surface area contributed by atoms with Crippen LogP contribution in [0, 0.1) is 18.8 Å². The molecule has 0 unspecified atom stereocenters. The van der Waals surface area contributed by atoms with Gasteiger partial charge >= 0.3 is 0 Å². The van der Waals surface area contributed by atoms with Crippen LogP contribution < -0.4 is 19.3 Å². The third-order valence-corrected chi connectivity index (χ3v) is 14.8. The first-order valence-electron chi connectivity index (χ1n) is 34.7. The van der Waals surface area contributed by atoms with Crippen molar-refractivity contribution >= 4 is 44.6 Å². The monoisotopic (exact) mass is 1270 g/mol. The number of ether oxygens (including phenoxy) is 2. The summed E-state index contributed by atoms with van der Waals surface area (Å²) in [6.07, 6.45) is 1.63. The standard InChI is InChI=1S/C76H63N4O2.Pt/c1-50(2)55-41-56(51(3)4)43-57(42-55)66-33-22-32-65(54-27-15-10-16-28-54)75(66)82-61-39-40-77-73(48-61)80-69-34-18-17-29-67(69)68-38-37-60(47-72(68)80)81-62-45-58(76(5,6)7)44-59(46-62)78-49-79(71-36-20-19-35-70(71)78)74-63(52-23-11-8-12-24-52)30-21-31-64(74)53-25-13-9-14-26-53;/h8-45,48-51H,1-7H3;/q-3;/i8D,9D,10D,11D,12D,13D,14D,15D,16D,23D,24D,25D,26D,27D,28D;. The second kappa shape index (κ2) is 22.8. The van der Waals surface area contributed by atoms with E-state index in [4.69, 9.17) is 29.5 Å². The fourth-order valence-corrected chi connectivity index (χ4v) is 10.6. The normalized spacial score (nSPS) is 14.8. The van der Waals surface area contributed by atoms with Crippen molar-refractivity contribution in [2.45, 2.75) is 65.7 Å². The molecular weight excluding hydrogens is 1200 g/mol. The van der Waals surface area contributed by atoms with Gasteiger partial charge in [-0.2, -0.15) is 6.07 Å². The van der Waals surface area contributed by atoms with Crippen molar-refractivity contribution in [1.82, 2.24) is 9.55 Å². The molecular formula is C76H63N4O2Pt-3. The fourth-order valence-electron chi connectivity index (χ4n) is 10.6. The van der Waals surface area contributed by atoms with Crippen molar-refractivity contribution in [3.05, 3.63) is 272 Å². The molecule has 0 amide bonds. The van der Waals surface area contributed by atoms with Gasteiger partial charge in [-0.25, -0.2) is 4.98 Å². The first-order valence-corrected chi connectivity index (χ1v) is 27.2. The molecule has 0 N–H and O–H groups in total. The average molecular weight is 1270 g/mol. The molecule has 0 aliphatic carbocycles. The summed E-state index contributed by atoms with van der Waals surface area (Å²) in [6.45, 7) is 16.5. The quantitative estimate of drug-likeness (QED) is 0.108. The summed E-state index contributed by atoms with van der Waals surface area (Å²) in [4.78, 5) is 8.54. The molecule has 10 aromatic carbocycles. The molecule has 0 fully saturated rings. The zero-order chi connectivity index (χ0) is 69.1. The van der Waals surface area contributed by atoms with Gasteiger partial charge in [0.05, 0.1) is 20.6 Å². The Morgan fingerprint density at radius 2 is 1.08 bits per heavy atom. The summed E-state index contributed by atoms with van der Waals surface area (Å²) in [5.74, 6) is 2.06. The molecule has 0 saturated heterocycles. The van der Waals surface area contributed by atoms with Crippen LogP contribution in [0.1, 0.15) is 97.6 Å². The van der Waals surface area contributed by atoms with Crippen molar-refractivity contribution in [3.8, 4) is 73.3 Å². The molecule has 0 radical (unpaired) electrons. The molecule has 13 rings (SSSR count). The first-order chi connectivity index (χ1) is 46.1. The van der Waals surface area contributed by atoms with Gasteiger partial charge in [0.25, 0.3) is 0 Å². The van der Waals surface area contributed by atoms with Crippen LogP contribution in [0.15, 0.2) is 236 Å². The number of para-hydroxylation sites is 5. The van der Waals surface area contributed by atoms with Crippen molar-refractivity contribution in [3.63, 3.8) is 0 Å². The van der Waals surface area contributed by atoms with Crippen LogP contribution in [0.4, 0.5) is 22.7 Å². The second-order valence-electron chi connectivity index (χ2n) is 21.8. The summed E-state index contributed by atoms with van der Waals surface area (Å²) in [5.41, 5.74) is 7.55. The molecule has 0 saturated carbocycles. The van der Waals surface area contributed by atoms with E-state index in [1.54, 1.807) is 54.2 Å². The average Bonchev–Trinajstić information content (AvgIpc) is 1.33. The van der Waals surface area contributed by atoms with E-state index >= 15 is 0 Å². The van der Waals surface area contributed by atoms with Gasteiger partial charge in [0.15, 0.2) is 0 Å². The predicted octanol–water partition coefficient (Wildman–Crippen LogP) is 21.0. The van der Waals surface area contributed by atoms with Crippen LogP contribution in [-0.2, 0) is 26.5 Å². The zero-order valence-corrected chi connectivity index (χ0v) is 48.8. The topological polar surface area (TPSA) is 42.8 Å². The van der Waals surface area contributed by atoms with E-state index in [2.05, 4.69) is 78.8 Å². The summed E-state index contributed by atoms with van der Waals surface area (Å²) in [5, 5.41) is 1.73. The van der Waals surface area contributed by atoms with Gasteiger partial charge in [0.1, 0.15) is 17.3 Å². The molecule has 0 spiro atoms. The van der Waals surface area contributed by atoms with Crippen LogP contribution in [0.3, 0.4) is 0 Å². The van der Waals surface area contributed by atoms with E-state index in [9.17, 15) is 5.48 Å². The van der Waals surface area contributed by atoms with Crippen LogP contribution in [0.25, 0.3) is 72.1 Å². The second-order valence-corrected chi connectivity index (χ2v) is 21.8.